The van der Waals surface area contributed by atoms with Crippen LogP contribution >= 0.6 is 0 Å². The number of phenolic OH excluding ortho intramolecular Hbond substituents is 1. The number of phenols is 1. The van der Waals surface area contributed by atoms with E-state index < -0.39 is 0 Å². The van der Waals surface area contributed by atoms with Crippen LogP contribution in [0.25, 0.3) is 0 Å². The average molecular weight is 262 g/mol. The van der Waals surface area contributed by atoms with Crippen LogP contribution in [-0.4, -0.2) is 5.11 Å². The Labute approximate surface area is 115 Å². The van der Waals surface area contributed by atoms with E-state index in [0.717, 1.165) is 36.7 Å². The zero-order valence-electron chi connectivity index (χ0n) is 11.4. The number of aryl methyl sites for hydroxylation is 1. The van der Waals surface area contributed by atoms with Gasteiger partial charge in [0.25, 0.3) is 0 Å². The van der Waals surface area contributed by atoms with Gasteiger partial charge in [0.05, 0.1) is 0 Å². The lowest BCUT2D eigenvalue weighted by Crippen LogP contribution is -2.14. The minimum Gasteiger partial charge on any atom is -0.508 e. The molecular weight excluding hydrogens is 239 g/mol. The Bertz CT molecular complexity index is 419. The third-order valence-electron chi connectivity index (χ3n) is 4.32. The third kappa shape index (κ3) is 4.09. The lowest BCUT2D eigenvalue weighted by molar-refractivity contribution is 0.264. The highest BCUT2D eigenvalue weighted by atomic mass is 19.1. The summed E-state index contributed by atoms with van der Waals surface area (Å²) in [6.07, 6.45) is 10.1. The second-order valence-corrected chi connectivity index (χ2v) is 5.73. The monoisotopic (exact) mass is 262 g/mol. The van der Waals surface area contributed by atoms with Crippen molar-refractivity contribution in [1.82, 2.24) is 0 Å². The summed E-state index contributed by atoms with van der Waals surface area (Å²) < 4.78 is 13.6. The summed E-state index contributed by atoms with van der Waals surface area (Å²) in [5.74, 6) is 1.28. The highest BCUT2D eigenvalue weighted by Crippen LogP contribution is 2.33. The fourth-order valence-corrected chi connectivity index (χ4v) is 3.09. The van der Waals surface area contributed by atoms with Gasteiger partial charge in [0.15, 0.2) is 0 Å². The van der Waals surface area contributed by atoms with Crippen molar-refractivity contribution in [2.75, 3.05) is 0 Å². The minimum atomic E-state index is -0.277. The van der Waals surface area contributed by atoms with Gasteiger partial charge in [-0.2, -0.15) is 0 Å². The molecule has 0 saturated heterocycles. The zero-order valence-corrected chi connectivity index (χ0v) is 11.4. The quantitative estimate of drug-likeness (QED) is 0.752. The van der Waals surface area contributed by atoms with E-state index in [-0.39, 0.29) is 11.6 Å². The van der Waals surface area contributed by atoms with Crippen LogP contribution < -0.4 is 0 Å². The smallest absolute Gasteiger partial charge is 0.130 e. The molecule has 0 atom stereocenters. The second kappa shape index (κ2) is 6.74. The summed E-state index contributed by atoms with van der Waals surface area (Å²) in [5, 5.41) is 9.19. The van der Waals surface area contributed by atoms with Crippen LogP contribution in [0.2, 0.25) is 0 Å². The number of hydrogen-bond acceptors (Lipinski definition) is 1. The summed E-state index contributed by atoms with van der Waals surface area (Å²) in [6, 6.07) is 4.48. The molecule has 0 aromatic heterocycles. The zero-order chi connectivity index (χ0) is 13.7. The van der Waals surface area contributed by atoms with Crippen molar-refractivity contribution >= 4 is 0 Å². The maximum Gasteiger partial charge on any atom is 0.130 e. The molecule has 0 radical (unpaired) electrons. The van der Waals surface area contributed by atoms with Crippen molar-refractivity contribution in [2.45, 2.75) is 44.9 Å². The van der Waals surface area contributed by atoms with Crippen LogP contribution in [0.5, 0.6) is 5.75 Å². The molecule has 0 aliphatic heterocycles. The van der Waals surface area contributed by atoms with E-state index in [9.17, 15) is 9.50 Å². The molecule has 104 valence electrons. The van der Waals surface area contributed by atoms with Gasteiger partial charge in [0.2, 0.25) is 0 Å². The first-order valence-electron chi connectivity index (χ1n) is 7.27. The first kappa shape index (κ1) is 14.1. The Morgan fingerprint density at radius 1 is 1.21 bits per heavy atom. The SMILES string of the molecule is C=CC[C@H]1CC[C@H](CCc2ccc(O)cc2F)CC1. The first-order valence-corrected chi connectivity index (χ1v) is 7.27. The second-order valence-electron chi connectivity index (χ2n) is 5.73. The predicted molar refractivity (Wildman–Crippen MR) is 76.6 cm³/mol. The standard InChI is InChI=1S/C17H23FO/c1-2-3-13-4-6-14(7-5-13)8-9-15-10-11-16(19)12-17(15)18/h2,10-14,19H,1,3-9H2/t13-,14-. The molecule has 2 rings (SSSR count). The largest absolute Gasteiger partial charge is 0.508 e. The van der Waals surface area contributed by atoms with Crippen LogP contribution in [0.4, 0.5) is 4.39 Å². The molecule has 1 fully saturated rings. The van der Waals surface area contributed by atoms with Gasteiger partial charge in [0.1, 0.15) is 11.6 Å². The molecule has 0 unspecified atom stereocenters. The first-order chi connectivity index (χ1) is 9.19. The number of allylic oxidation sites excluding steroid dienone is 1. The van der Waals surface area contributed by atoms with Crippen molar-refractivity contribution in [1.29, 1.82) is 0 Å². The van der Waals surface area contributed by atoms with Crippen LogP contribution in [-0.2, 0) is 6.42 Å². The Kier molecular flexibility index (Phi) is 5.00. The summed E-state index contributed by atoms with van der Waals surface area (Å²) in [7, 11) is 0. The highest BCUT2D eigenvalue weighted by Gasteiger charge is 2.20. The summed E-state index contributed by atoms with van der Waals surface area (Å²) in [5.41, 5.74) is 0.728. The Balaban J connectivity index is 1.79. The van der Waals surface area contributed by atoms with Crippen LogP contribution in [0, 0.1) is 17.7 Å². The number of hydrogen-bond donors (Lipinski definition) is 1. The Hall–Kier alpha value is -1.31. The van der Waals surface area contributed by atoms with Gasteiger partial charge in [0, 0.05) is 6.07 Å². The normalized spacial score (nSPS) is 23.2. The van der Waals surface area contributed by atoms with Crippen molar-refractivity contribution in [2.24, 2.45) is 11.8 Å². The molecule has 0 amide bonds. The maximum atomic E-state index is 13.6. The molecule has 1 aromatic carbocycles. The molecule has 0 bridgehead atoms. The Morgan fingerprint density at radius 2 is 1.89 bits per heavy atom. The summed E-state index contributed by atoms with van der Waals surface area (Å²) in [6.45, 7) is 3.80. The van der Waals surface area contributed by atoms with E-state index in [4.69, 9.17) is 0 Å². The van der Waals surface area contributed by atoms with Crippen molar-refractivity contribution in [3.8, 4) is 5.75 Å². The molecule has 1 aliphatic carbocycles. The fraction of sp³-hybridized carbons (Fsp3) is 0.529. The van der Waals surface area contributed by atoms with Crippen LogP contribution in [0.3, 0.4) is 0 Å². The predicted octanol–water partition coefficient (Wildman–Crippen LogP) is 4.85. The van der Waals surface area contributed by atoms with Crippen molar-refractivity contribution < 1.29 is 9.50 Å². The molecule has 1 aromatic rings. The lowest BCUT2D eigenvalue weighted by Gasteiger charge is -2.27. The fourth-order valence-electron chi connectivity index (χ4n) is 3.09. The molecular formula is C17H23FO. The topological polar surface area (TPSA) is 20.2 Å². The van der Waals surface area contributed by atoms with Gasteiger partial charge in [-0.3, -0.25) is 0 Å². The molecule has 0 spiro atoms. The van der Waals surface area contributed by atoms with E-state index >= 15 is 0 Å². The van der Waals surface area contributed by atoms with E-state index in [1.807, 2.05) is 6.08 Å². The molecule has 1 N–H and O–H groups in total. The third-order valence-corrected chi connectivity index (χ3v) is 4.32. The van der Waals surface area contributed by atoms with Crippen LogP contribution in [0.15, 0.2) is 30.9 Å². The van der Waals surface area contributed by atoms with Gasteiger partial charge in [-0.15, -0.1) is 6.58 Å². The molecule has 2 heteroatoms. The molecule has 0 heterocycles. The average Bonchev–Trinajstić information content (AvgIpc) is 2.40. The maximum absolute atomic E-state index is 13.6. The van der Waals surface area contributed by atoms with Crippen molar-refractivity contribution in [3.05, 3.63) is 42.2 Å². The van der Waals surface area contributed by atoms with Crippen molar-refractivity contribution in [3.63, 3.8) is 0 Å². The number of benzene rings is 1. The number of aromatic hydroxyl groups is 1. The van der Waals surface area contributed by atoms with Gasteiger partial charge in [-0.25, -0.2) is 4.39 Å². The molecule has 1 nitrogen and oxygen atoms in total. The molecule has 1 aliphatic rings. The van der Waals surface area contributed by atoms with E-state index in [2.05, 4.69) is 6.58 Å². The summed E-state index contributed by atoms with van der Waals surface area (Å²) >= 11 is 0. The number of halogens is 1. The van der Waals surface area contributed by atoms with Crippen LogP contribution in [0.1, 0.15) is 44.1 Å². The van der Waals surface area contributed by atoms with Gasteiger partial charge in [-0.05, 0) is 55.6 Å². The molecule has 1 saturated carbocycles. The van der Waals surface area contributed by atoms with Gasteiger partial charge < -0.3 is 5.11 Å². The molecule has 19 heavy (non-hydrogen) atoms. The van der Waals surface area contributed by atoms with Gasteiger partial charge >= 0.3 is 0 Å². The summed E-state index contributed by atoms with van der Waals surface area (Å²) in [4.78, 5) is 0. The van der Waals surface area contributed by atoms with E-state index in [1.54, 1.807) is 12.1 Å². The highest BCUT2D eigenvalue weighted by molar-refractivity contribution is 5.27. The minimum absolute atomic E-state index is 0.00573. The Morgan fingerprint density at radius 3 is 2.53 bits per heavy atom. The lowest BCUT2D eigenvalue weighted by atomic mass is 9.78. The van der Waals surface area contributed by atoms with Gasteiger partial charge in [-0.1, -0.05) is 25.0 Å². The number of rotatable bonds is 5. The van der Waals surface area contributed by atoms with E-state index in [0.29, 0.717) is 0 Å². The van der Waals surface area contributed by atoms with E-state index in [1.165, 1.54) is 31.7 Å².